The number of likely N-dealkylation sites (N-methyl/N-ethyl adjacent to an activating group) is 1. The zero-order valence-electron chi connectivity index (χ0n) is 15.4. The van der Waals surface area contributed by atoms with Crippen molar-refractivity contribution in [1.82, 2.24) is 15.5 Å². The fourth-order valence-electron chi connectivity index (χ4n) is 1.96. The molecule has 0 aliphatic heterocycles. The zero-order chi connectivity index (χ0) is 17.2. The van der Waals surface area contributed by atoms with Gasteiger partial charge in [-0.25, -0.2) is 0 Å². The van der Waals surface area contributed by atoms with Crippen LogP contribution in [0, 0.1) is 0 Å². The van der Waals surface area contributed by atoms with Gasteiger partial charge in [-0.2, -0.15) is 0 Å². The highest BCUT2D eigenvalue weighted by atomic mass is 16.5. The Kier molecular flexibility index (Phi) is 16.8. The van der Waals surface area contributed by atoms with E-state index < -0.39 is 0 Å². The summed E-state index contributed by atoms with van der Waals surface area (Å²) in [6.45, 7) is 6.74. The SMILES string of the molecule is CN=C(NCCCCOCCOC)NCCN(C)CCCOC. The Bertz CT molecular complexity index is 278. The largest absolute Gasteiger partial charge is 0.385 e. The number of guanidine groups is 1. The lowest BCUT2D eigenvalue weighted by Crippen LogP contribution is -2.41. The number of methoxy groups -OCH3 is 2. The minimum Gasteiger partial charge on any atom is -0.385 e. The number of hydrogen-bond donors (Lipinski definition) is 2. The summed E-state index contributed by atoms with van der Waals surface area (Å²) < 4.78 is 15.4. The van der Waals surface area contributed by atoms with Crippen LogP contribution in [0.5, 0.6) is 0 Å². The predicted octanol–water partition coefficient (Wildman–Crippen LogP) is 0.563. The molecule has 138 valence electrons. The summed E-state index contributed by atoms with van der Waals surface area (Å²) >= 11 is 0. The zero-order valence-corrected chi connectivity index (χ0v) is 15.4. The van der Waals surface area contributed by atoms with Gasteiger partial charge >= 0.3 is 0 Å². The van der Waals surface area contributed by atoms with E-state index in [1.54, 1.807) is 21.3 Å². The van der Waals surface area contributed by atoms with Gasteiger partial charge in [0, 0.05) is 60.7 Å². The average Bonchev–Trinajstić information content (AvgIpc) is 2.55. The Morgan fingerprint density at radius 3 is 2.30 bits per heavy atom. The second-order valence-electron chi connectivity index (χ2n) is 5.39. The third-order valence-electron chi connectivity index (χ3n) is 3.34. The number of ether oxygens (including phenoxy) is 3. The lowest BCUT2D eigenvalue weighted by Gasteiger charge is -2.18. The van der Waals surface area contributed by atoms with E-state index in [1.165, 1.54) is 0 Å². The molecule has 0 aliphatic rings. The molecule has 0 aromatic rings. The van der Waals surface area contributed by atoms with Gasteiger partial charge in [-0.05, 0) is 26.3 Å². The Balaban J connectivity index is 3.49. The van der Waals surface area contributed by atoms with Gasteiger partial charge in [0.15, 0.2) is 5.96 Å². The van der Waals surface area contributed by atoms with Crippen molar-refractivity contribution in [2.24, 2.45) is 4.99 Å². The molecule has 0 rings (SSSR count). The molecule has 0 aromatic carbocycles. The molecule has 7 heteroatoms. The summed E-state index contributed by atoms with van der Waals surface area (Å²) in [6, 6.07) is 0. The number of nitrogens with one attached hydrogen (secondary N) is 2. The van der Waals surface area contributed by atoms with E-state index in [1.807, 2.05) is 0 Å². The molecule has 2 N–H and O–H groups in total. The van der Waals surface area contributed by atoms with Gasteiger partial charge in [0.2, 0.25) is 0 Å². The van der Waals surface area contributed by atoms with Crippen LogP contribution in [0.1, 0.15) is 19.3 Å². The van der Waals surface area contributed by atoms with Gasteiger partial charge < -0.3 is 29.7 Å². The molecule has 0 radical (unpaired) electrons. The maximum atomic E-state index is 5.43. The van der Waals surface area contributed by atoms with Crippen LogP contribution in [0.15, 0.2) is 4.99 Å². The molecule has 0 aliphatic carbocycles. The molecule has 23 heavy (non-hydrogen) atoms. The van der Waals surface area contributed by atoms with Gasteiger partial charge in [0.1, 0.15) is 0 Å². The van der Waals surface area contributed by atoms with Crippen molar-refractivity contribution >= 4 is 5.96 Å². The van der Waals surface area contributed by atoms with Crippen molar-refractivity contribution in [3.05, 3.63) is 0 Å². The Labute approximate surface area is 141 Å². The number of aliphatic imine (C=N–C) groups is 1. The number of nitrogens with zero attached hydrogens (tertiary/aromatic N) is 2. The van der Waals surface area contributed by atoms with Gasteiger partial charge in [0.25, 0.3) is 0 Å². The van der Waals surface area contributed by atoms with Crippen LogP contribution >= 0.6 is 0 Å². The predicted molar refractivity (Wildman–Crippen MR) is 95.3 cm³/mol. The Morgan fingerprint density at radius 1 is 0.870 bits per heavy atom. The molecule has 0 saturated carbocycles. The molecule has 0 atom stereocenters. The molecule has 0 heterocycles. The standard InChI is InChI=1S/C16H36N4O3/c1-17-16(18-8-5-6-13-23-15-14-22-4)19-9-11-20(2)10-7-12-21-3/h5-15H2,1-4H3,(H2,17,18,19). The van der Waals surface area contributed by atoms with Gasteiger partial charge in [-0.15, -0.1) is 0 Å². The molecule has 0 aromatic heterocycles. The van der Waals surface area contributed by atoms with E-state index in [-0.39, 0.29) is 0 Å². The quantitative estimate of drug-likeness (QED) is 0.260. The maximum absolute atomic E-state index is 5.43. The molecule has 0 spiro atoms. The Hall–Kier alpha value is -0.890. The monoisotopic (exact) mass is 332 g/mol. The van der Waals surface area contributed by atoms with Crippen molar-refractivity contribution in [2.45, 2.75) is 19.3 Å². The molecular weight excluding hydrogens is 296 g/mol. The summed E-state index contributed by atoms with van der Waals surface area (Å²) in [7, 11) is 7.34. The van der Waals surface area contributed by atoms with Gasteiger partial charge in [-0.3, -0.25) is 4.99 Å². The second kappa shape index (κ2) is 17.5. The molecule has 0 unspecified atom stereocenters. The summed E-state index contributed by atoms with van der Waals surface area (Å²) in [5, 5.41) is 6.65. The van der Waals surface area contributed by atoms with Gasteiger partial charge in [0.05, 0.1) is 13.2 Å². The first-order valence-electron chi connectivity index (χ1n) is 8.43. The highest BCUT2D eigenvalue weighted by Crippen LogP contribution is 1.89. The van der Waals surface area contributed by atoms with E-state index >= 15 is 0 Å². The first-order chi connectivity index (χ1) is 11.2. The molecule has 0 fully saturated rings. The maximum Gasteiger partial charge on any atom is 0.191 e. The van der Waals surface area contributed by atoms with E-state index in [9.17, 15) is 0 Å². The lowest BCUT2D eigenvalue weighted by atomic mass is 10.3. The number of hydrogen-bond acceptors (Lipinski definition) is 5. The Morgan fingerprint density at radius 2 is 1.61 bits per heavy atom. The lowest BCUT2D eigenvalue weighted by molar-refractivity contribution is 0.0689. The van der Waals surface area contributed by atoms with Crippen LogP contribution in [0.25, 0.3) is 0 Å². The van der Waals surface area contributed by atoms with Gasteiger partial charge in [-0.1, -0.05) is 0 Å². The molecule has 0 bridgehead atoms. The molecule has 0 amide bonds. The van der Waals surface area contributed by atoms with E-state index in [4.69, 9.17) is 14.2 Å². The molecular formula is C16H36N4O3. The van der Waals surface area contributed by atoms with Crippen molar-refractivity contribution < 1.29 is 14.2 Å². The summed E-state index contributed by atoms with van der Waals surface area (Å²) in [4.78, 5) is 6.52. The van der Waals surface area contributed by atoms with E-state index in [0.717, 1.165) is 64.6 Å². The van der Waals surface area contributed by atoms with Crippen molar-refractivity contribution in [3.63, 3.8) is 0 Å². The smallest absolute Gasteiger partial charge is 0.191 e. The topological polar surface area (TPSA) is 67.4 Å². The highest BCUT2D eigenvalue weighted by Gasteiger charge is 2.00. The van der Waals surface area contributed by atoms with Crippen molar-refractivity contribution in [3.8, 4) is 0 Å². The summed E-state index contributed by atoms with van der Waals surface area (Å²) in [6.07, 6.45) is 3.16. The number of rotatable bonds is 15. The summed E-state index contributed by atoms with van der Waals surface area (Å²) in [5.41, 5.74) is 0. The van der Waals surface area contributed by atoms with Crippen molar-refractivity contribution in [1.29, 1.82) is 0 Å². The first-order valence-corrected chi connectivity index (χ1v) is 8.43. The average molecular weight is 332 g/mol. The van der Waals surface area contributed by atoms with Crippen LogP contribution in [-0.4, -0.2) is 91.8 Å². The van der Waals surface area contributed by atoms with Crippen LogP contribution in [0.4, 0.5) is 0 Å². The highest BCUT2D eigenvalue weighted by molar-refractivity contribution is 5.79. The third-order valence-corrected chi connectivity index (χ3v) is 3.34. The molecule has 0 saturated heterocycles. The minimum absolute atomic E-state index is 0.661. The fourth-order valence-corrected chi connectivity index (χ4v) is 1.96. The summed E-state index contributed by atoms with van der Waals surface area (Å²) in [5.74, 6) is 0.857. The van der Waals surface area contributed by atoms with Crippen LogP contribution in [0.3, 0.4) is 0 Å². The van der Waals surface area contributed by atoms with Crippen LogP contribution < -0.4 is 10.6 Å². The van der Waals surface area contributed by atoms with E-state index in [0.29, 0.717) is 13.2 Å². The first kappa shape index (κ1) is 22.1. The van der Waals surface area contributed by atoms with Crippen LogP contribution in [0.2, 0.25) is 0 Å². The van der Waals surface area contributed by atoms with E-state index in [2.05, 4.69) is 27.6 Å². The third kappa shape index (κ3) is 15.8. The van der Waals surface area contributed by atoms with Crippen LogP contribution in [-0.2, 0) is 14.2 Å². The van der Waals surface area contributed by atoms with Crippen molar-refractivity contribution in [2.75, 3.05) is 80.9 Å². The normalized spacial score (nSPS) is 12.0. The fraction of sp³-hybridized carbons (Fsp3) is 0.938. The number of unbranched alkanes of at least 4 members (excludes halogenated alkanes) is 1. The molecule has 7 nitrogen and oxygen atoms in total. The minimum atomic E-state index is 0.661. The second-order valence-corrected chi connectivity index (χ2v) is 5.39.